The molecule has 0 N–H and O–H groups in total. The van der Waals surface area contributed by atoms with Crippen LogP contribution in [0.25, 0.3) is 10.9 Å². The molecule has 0 saturated carbocycles. The molecule has 0 aromatic carbocycles. The Balaban J connectivity index is 3.10. The van der Waals surface area contributed by atoms with E-state index in [0.717, 1.165) is 16.5 Å². The first-order chi connectivity index (χ1) is 6.11. The highest BCUT2D eigenvalue weighted by Gasteiger charge is 2.06. The molecule has 2 aromatic heterocycles. The minimum atomic E-state index is 0.0631. The third-order valence-corrected chi connectivity index (χ3v) is 2.41. The van der Waals surface area contributed by atoms with Gasteiger partial charge in [-0.15, -0.1) is 0 Å². The molecule has 2 aromatic rings. The molecule has 13 heavy (non-hydrogen) atoms. The fourth-order valence-corrected chi connectivity index (χ4v) is 1.70. The van der Waals surface area contributed by atoms with Gasteiger partial charge < -0.3 is 9.13 Å². The molecule has 0 spiro atoms. The molecule has 0 amide bonds. The summed E-state index contributed by atoms with van der Waals surface area (Å²) in [6, 6.07) is 1.98. The molecule has 0 bridgehead atoms. The summed E-state index contributed by atoms with van der Waals surface area (Å²) in [4.78, 5) is 11.7. The summed E-state index contributed by atoms with van der Waals surface area (Å²) in [6.07, 6.45) is 3.78. The number of fused-ring (bicyclic) bond motifs is 1. The van der Waals surface area contributed by atoms with E-state index < -0.39 is 0 Å². The average Bonchev–Trinajstić information content (AvgIpc) is 2.44. The third-order valence-electron chi connectivity index (χ3n) is 2.41. The summed E-state index contributed by atoms with van der Waals surface area (Å²) < 4.78 is 3.49. The maximum Gasteiger partial charge on any atom is 0.274 e. The molecule has 0 atom stereocenters. The quantitative estimate of drug-likeness (QED) is 0.592. The molecule has 2 rings (SSSR count). The summed E-state index contributed by atoms with van der Waals surface area (Å²) >= 11 is 0. The number of nitrogens with zero attached hydrogens (tertiary/aromatic N) is 2. The van der Waals surface area contributed by atoms with Gasteiger partial charge in [-0.05, 0) is 18.6 Å². The van der Waals surface area contributed by atoms with Crippen LogP contribution in [0.2, 0.25) is 0 Å². The minimum Gasteiger partial charge on any atom is -0.346 e. The van der Waals surface area contributed by atoms with Gasteiger partial charge in [-0.2, -0.15) is 0 Å². The van der Waals surface area contributed by atoms with E-state index >= 15 is 0 Å². The highest BCUT2D eigenvalue weighted by atomic mass is 16.1. The van der Waals surface area contributed by atoms with E-state index in [1.165, 1.54) is 0 Å². The van der Waals surface area contributed by atoms with Gasteiger partial charge in [0, 0.05) is 31.9 Å². The van der Waals surface area contributed by atoms with Gasteiger partial charge >= 0.3 is 0 Å². The summed E-state index contributed by atoms with van der Waals surface area (Å²) in [6.45, 7) is 2.02. The zero-order valence-corrected chi connectivity index (χ0v) is 8.03. The number of rotatable bonds is 0. The molecule has 3 nitrogen and oxygen atoms in total. The van der Waals surface area contributed by atoms with Crippen LogP contribution in [0.15, 0.2) is 23.3 Å². The Morgan fingerprint density at radius 2 is 1.92 bits per heavy atom. The Kier molecular flexibility index (Phi) is 1.55. The maximum absolute atomic E-state index is 11.7. The Labute approximate surface area is 76.2 Å². The monoisotopic (exact) mass is 176 g/mol. The first-order valence-corrected chi connectivity index (χ1v) is 4.22. The van der Waals surface area contributed by atoms with Crippen molar-refractivity contribution in [1.82, 2.24) is 9.13 Å². The largest absolute Gasteiger partial charge is 0.346 e. The predicted octanol–water partition coefficient (Wildman–Crippen LogP) is 1.19. The minimum absolute atomic E-state index is 0.0631. The molecule has 0 aliphatic carbocycles. The molecular formula is C10H12N2O. The molecule has 0 unspecified atom stereocenters. The molecule has 0 saturated heterocycles. The van der Waals surface area contributed by atoms with Crippen LogP contribution in [-0.2, 0) is 14.1 Å². The van der Waals surface area contributed by atoms with Crippen molar-refractivity contribution < 1.29 is 0 Å². The van der Waals surface area contributed by atoms with Crippen molar-refractivity contribution in [1.29, 1.82) is 0 Å². The second kappa shape index (κ2) is 2.49. The van der Waals surface area contributed by atoms with Crippen molar-refractivity contribution in [3.63, 3.8) is 0 Å². The maximum atomic E-state index is 11.7. The van der Waals surface area contributed by atoms with Crippen LogP contribution in [0.5, 0.6) is 0 Å². The Hall–Kier alpha value is -1.51. The Morgan fingerprint density at radius 1 is 1.23 bits per heavy atom. The Morgan fingerprint density at radius 3 is 2.62 bits per heavy atom. The van der Waals surface area contributed by atoms with Crippen LogP contribution in [0.1, 0.15) is 5.56 Å². The lowest BCUT2D eigenvalue weighted by Gasteiger charge is -2.02. The van der Waals surface area contributed by atoms with E-state index in [4.69, 9.17) is 0 Å². The first kappa shape index (κ1) is 8.10. The van der Waals surface area contributed by atoms with Crippen molar-refractivity contribution >= 4 is 10.9 Å². The van der Waals surface area contributed by atoms with Crippen LogP contribution in [0, 0.1) is 6.92 Å². The van der Waals surface area contributed by atoms with Gasteiger partial charge in [0.2, 0.25) is 0 Å². The van der Waals surface area contributed by atoms with Crippen LogP contribution in [0.3, 0.4) is 0 Å². The third kappa shape index (κ3) is 1.00. The van der Waals surface area contributed by atoms with Gasteiger partial charge in [-0.1, -0.05) is 0 Å². The summed E-state index contributed by atoms with van der Waals surface area (Å²) in [5.41, 5.74) is 1.98. The topological polar surface area (TPSA) is 26.9 Å². The lowest BCUT2D eigenvalue weighted by Crippen LogP contribution is -2.18. The Bertz CT molecular complexity index is 519. The molecule has 0 aliphatic heterocycles. The van der Waals surface area contributed by atoms with Crippen molar-refractivity contribution in [2.75, 3.05) is 0 Å². The van der Waals surface area contributed by atoms with Crippen molar-refractivity contribution in [3.8, 4) is 0 Å². The predicted molar refractivity (Wildman–Crippen MR) is 52.9 cm³/mol. The van der Waals surface area contributed by atoms with Gasteiger partial charge in [-0.25, -0.2) is 0 Å². The zero-order chi connectivity index (χ0) is 9.59. The molecular weight excluding hydrogens is 164 g/mol. The summed E-state index contributed by atoms with van der Waals surface area (Å²) in [5.74, 6) is 0. The lowest BCUT2D eigenvalue weighted by molar-refractivity contribution is 0.847. The van der Waals surface area contributed by atoms with Gasteiger partial charge in [0.1, 0.15) is 5.52 Å². The average molecular weight is 176 g/mol. The highest BCUT2D eigenvalue weighted by molar-refractivity contribution is 5.82. The number of aryl methyl sites for hydroxylation is 3. The van der Waals surface area contributed by atoms with E-state index in [1.54, 1.807) is 11.6 Å². The van der Waals surface area contributed by atoms with E-state index in [0.29, 0.717) is 0 Å². The van der Waals surface area contributed by atoms with Crippen molar-refractivity contribution in [2.24, 2.45) is 14.1 Å². The second-order valence-corrected chi connectivity index (χ2v) is 3.42. The van der Waals surface area contributed by atoms with Crippen molar-refractivity contribution in [3.05, 3.63) is 34.4 Å². The van der Waals surface area contributed by atoms with Crippen LogP contribution < -0.4 is 5.56 Å². The van der Waals surface area contributed by atoms with Crippen LogP contribution >= 0.6 is 0 Å². The van der Waals surface area contributed by atoms with Crippen LogP contribution in [0.4, 0.5) is 0 Å². The molecule has 2 heterocycles. The fraction of sp³-hybridized carbons (Fsp3) is 0.300. The first-order valence-electron chi connectivity index (χ1n) is 4.22. The van der Waals surface area contributed by atoms with E-state index in [2.05, 4.69) is 0 Å². The molecule has 68 valence electrons. The smallest absolute Gasteiger partial charge is 0.274 e. The summed E-state index contributed by atoms with van der Waals surface area (Å²) in [5, 5.41) is 1.05. The SMILES string of the molecule is Cc1cn(C)c(=O)c2c1ccn2C. The van der Waals surface area contributed by atoms with Gasteiger partial charge in [0.05, 0.1) is 0 Å². The lowest BCUT2D eigenvalue weighted by atomic mass is 10.2. The molecule has 0 aliphatic rings. The molecule has 0 radical (unpaired) electrons. The van der Waals surface area contributed by atoms with Crippen molar-refractivity contribution in [2.45, 2.75) is 6.92 Å². The number of hydrogen-bond acceptors (Lipinski definition) is 1. The number of pyridine rings is 1. The van der Waals surface area contributed by atoms with Crippen LogP contribution in [-0.4, -0.2) is 9.13 Å². The number of aromatic nitrogens is 2. The molecule has 0 fully saturated rings. The fourth-order valence-electron chi connectivity index (χ4n) is 1.70. The summed E-state index contributed by atoms with van der Waals surface area (Å²) in [7, 11) is 3.67. The van der Waals surface area contributed by atoms with E-state index in [-0.39, 0.29) is 5.56 Å². The normalized spacial score (nSPS) is 11.0. The second-order valence-electron chi connectivity index (χ2n) is 3.42. The standard InChI is InChI=1S/C10H12N2O/c1-7-6-12(3)10(13)9-8(7)4-5-11(9)2/h4-6H,1-3H3. The van der Waals surface area contributed by atoms with E-state index in [1.807, 2.05) is 37.0 Å². The van der Waals surface area contributed by atoms with Gasteiger partial charge in [-0.3, -0.25) is 4.79 Å². The molecule has 3 heteroatoms. The van der Waals surface area contributed by atoms with Gasteiger partial charge in [0.25, 0.3) is 5.56 Å². The number of hydrogen-bond donors (Lipinski definition) is 0. The van der Waals surface area contributed by atoms with Gasteiger partial charge in [0.15, 0.2) is 0 Å². The van der Waals surface area contributed by atoms with E-state index in [9.17, 15) is 4.79 Å². The zero-order valence-electron chi connectivity index (χ0n) is 8.03. The highest BCUT2D eigenvalue weighted by Crippen LogP contribution is 2.14.